The Morgan fingerprint density at radius 3 is 2.43 bits per heavy atom. The molecule has 2 aromatic heterocycles. The third-order valence-corrected chi connectivity index (χ3v) is 4.04. The van der Waals surface area contributed by atoms with Gasteiger partial charge in [-0.15, -0.1) is 0 Å². The van der Waals surface area contributed by atoms with Gasteiger partial charge < -0.3 is 5.11 Å². The van der Waals surface area contributed by atoms with E-state index in [0.29, 0.717) is 17.2 Å². The van der Waals surface area contributed by atoms with Gasteiger partial charge in [-0.3, -0.25) is 4.98 Å². The number of rotatable bonds is 5. The molecule has 2 N–H and O–H groups in total. The number of hydrogen-bond acceptors (Lipinski definition) is 6. The molecule has 2 heterocycles. The van der Waals surface area contributed by atoms with Crippen molar-refractivity contribution in [2.24, 2.45) is 5.10 Å². The van der Waals surface area contributed by atoms with E-state index >= 15 is 0 Å². The molecule has 0 spiro atoms. The van der Waals surface area contributed by atoms with Crippen LogP contribution in [-0.2, 0) is 0 Å². The van der Waals surface area contributed by atoms with Crippen LogP contribution in [0.4, 0.5) is 5.95 Å². The minimum Gasteiger partial charge on any atom is -0.507 e. The average molecular weight is 367 g/mol. The molecule has 0 amide bonds. The summed E-state index contributed by atoms with van der Waals surface area (Å²) in [4.78, 5) is 13.1. The van der Waals surface area contributed by atoms with E-state index in [-0.39, 0.29) is 5.75 Å². The van der Waals surface area contributed by atoms with Crippen molar-refractivity contribution in [2.75, 3.05) is 5.43 Å². The highest BCUT2D eigenvalue weighted by molar-refractivity contribution is 5.79. The van der Waals surface area contributed by atoms with Crippen LogP contribution < -0.4 is 5.43 Å². The summed E-state index contributed by atoms with van der Waals surface area (Å²) < 4.78 is 0. The number of anilines is 1. The van der Waals surface area contributed by atoms with E-state index in [1.54, 1.807) is 30.7 Å². The molecule has 6 heteroatoms. The Balaban J connectivity index is 1.72. The van der Waals surface area contributed by atoms with Crippen LogP contribution >= 0.6 is 0 Å². The summed E-state index contributed by atoms with van der Waals surface area (Å²) in [5, 5.41) is 14.4. The molecule has 0 aliphatic rings. The molecular weight excluding hydrogens is 350 g/mol. The predicted molar refractivity (Wildman–Crippen MR) is 110 cm³/mol. The number of benzene rings is 2. The first kappa shape index (κ1) is 17.4. The molecule has 0 radical (unpaired) electrons. The Hall–Kier alpha value is -4.06. The summed E-state index contributed by atoms with van der Waals surface area (Å²) in [6.45, 7) is 0. The van der Waals surface area contributed by atoms with Gasteiger partial charge in [-0.05, 0) is 24.3 Å². The van der Waals surface area contributed by atoms with Crippen molar-refractivity contribution >= 4 is 12.2 Å². The van der Waals surface area contributed by atoms with Crippen molar-refractivity contribution in [3.63, 3.8) is 0 Å². The molecule has 28 heavy (non-hydrogen) atoms. The maximum atomic E-state index is 10.2. The fraction of sp³-hybridized carbons (Fsp3) is 0. The van der Waals surface area contributed by atoms with E-state index in [9.17, 15) is 5.11 Å². The Morgan fingerprint density at radius 1 is 0.857 bits per heavy atom. The number of aromatic nitrogens is 3. The van der Waals surface area contributed by atoms with Crippen molar-refractivity contribution in [3.8, 4) is 28.3 Å². The average Bonchev–Trinajstić information content (AvgIpc) is 2.75. The predicted octanol–water partition coefficient (Wildman–Crippen LogP) is 4.36. The van der Waals surface area contributed by atoms with E-state index in [0.717, 1.165) is 16.8 Å². The number of aromatic hydroxyl groups is 1. The quantitative estimate of drug-likeness (QED) is 0.404. The van der Waals surface area contributed by atoms with Crippen LogP contribution in [0.5, 0.6) is 5.75 Å². The van der Waals surface area contributed by atoms with E-state index in [4.69, 9.17) is 0 Å². The number of nitrogens with one attached hydrogen (secondary N) is 1. The summed E-state index contributed by atoms with van der Waals surface area (Å²) in [5.41, 5.74) is 6.63. The van der Waals surface area contributed by atoms with Gasteiger partial charge in [0.15, 0.2) is 0 Å². The monoisotopic (exact) mass is 367 g/mol. The van der Waals surface area contributed by atoms with E-state index in [1.807, 2.05) is 60.7 Å². The SMILES string of the molecule is Oc1ccccc1-c1cc(-c2ccccc2)nc(N/N=C\c2cccnc2)n1. The maximum Gasteiger partial charge on any atom is 0.244 e. The van der Waals surface area contributed by atoms with Crippen molar-refractivity contribution < 1.29 is 5.11 Å². The molecule has 0 unspecified atom stereocenters. The summed E-state index contributed by atoms with van der Waals surface area (Å²) in [6, 6.07) is 22.4. The Kier molecular flexibility index (Phi) is 5.02. The fourth-order valence-electron chi connectivity index (χ4n) is 2.70. The minimum absolute atomic E-state index is 0.157. The molecule has 0 saturated heterocycles. The zero-order chi connectivity index (χ0) is 19.2. The largest absolute Gasteiger partial charge is 0.507 e. The van der Waals surface area contributed by atoms with Gasteiger partial charge >= 0.3 is 0 Å². The van der Waals surface area contributed by atoms with Crippen LogP contribution in [0.25, 0.3) is 22.5 Å². The summed E-state index contributed by atoms with van der Waals surface area (Å²) in [5.74, 6) is 0.491. The normalized spacial score (nSPS) is 10.9. The summed E-state index contributed by atoms with van der Waals surface area (Å²) in [6.07, 6.45) is 5.06. The van der Waals surface area contributed by atoms with Crippen LogP contribution in [0.15, 0.2) is 90.3 Å². The molecule has 2 aromatic carbocycles. The van der Waals surface area contributed by atoms with Gasteiger partial charge in [-0.2, -0.15) is 5.10 Å². The Labute approximate surface area is 162 Å². The lowest BCUT2D eigenvalue weighted by atomic mass is 10.1. The van der Waals surface area contributed by atoms with Crippen LogP contribution in [0.3, 0.4) is 0 Å². The number of hydrogen-bond donors (Lipinski definition) is 2. The van der Waals surface area contributed by atoms with Gasteiger partial charge in [0, 0.05) is 29.1 Å². The maximum absolute atomic E-state index is 10.2. The van der Waals surface area contributed by atoms with Crippen molar-refractivity contribution in [1.29, 1.82) is 0 Å². The first-order valence-electron chi connectivity index (χ1n) is 8.71. The molecule has 6 nitrogen and oxygen atoms in total. The minimum atomic E-state index is 0.157. The lowest BCUT2D eigenvalue weighted by Crippen LogP contribution is -2.00. The number of phenols is 1. The second-order valence-corrected chi connectivity index (χ2v) is 6.00. The Morgan fingerprint density at radius 2 is 1.64 bits per heavy atom. The lowest BCUT2D eigenvalue weighted by Gasteiger charge is -2.09. The van der Waals surface area contributed by atoms with Crippen LogP contribution in [0.2, 0.25) is 0 Å². The molecule has 0 aliphatic heterocycles. The fourth-order valence-corrected chi connectivity index (χ4v) is 2.70. The van der Waals surface area contributed by atoms with Crippen molar-refractivity contribution in [2.45, 2.75) is 0 Å². The second-order valence-electron chi connectivity index (χ2n) is 6.00. The first-order chi connectivity index (χ1) is 13.8. The number of hydrazone groups is 1. The van der Waals surface area contributed by atoms with Crippen molar-refractivity contribution in [3.05, 3.63) is 90.8 Å². The smallest absolute Gasteiger partial charge is 0.244 e. The van der Waals surface area contributed by atoms with Gasteiger partial charge in [-0.25, -0.2) is 15.4 Å². The topological polar surface area (TPSA) is 83.3 Å². The van der Waals surface area contributed by atoms with Gasteiger partial charge in [-0.1, -0.05) is 48.5 Å². The third kappa shape index (κ3) is 4.02. The lowest BCUT2D eigenvalue weighted by molar-refractivity contribution is 0.477. The molecule has 4 aromatic rings. The van der Waals surface area contributed by atoms with E-state index in [2.05, 4.69) is 25.5 Å². The number of nitrogens with zero attached hydrogens (tertiary/aromatic N) is 4. The molecule has 0 aliphatic carbocycles. The van der Waals surface area contributed by atoms with E-state index in [1.165, 1.54) is 0 Å². The standard InChI is InChI=1S/C22H17N5O/c28-21-11-5-4-10-18(21)20-13-19(17-8-2-1-3-9-17)25-22(26-20)27-24-15-16-7-6-12-23-14-16/h1-15,28H,(H,25,26,27)/b24-15-. The zero-order valence-electron chi connectivity index (χ0n) is 14.9. The summed E-state index contributed by atoms with van der Waals surface area (Å²) >= 11 is 0. The van der Waals surface area contributed by atoms with Gasteiger partial charge in [0.1, 0.15) is 5.75 Å². The number of phenolic OH excluding ortho intramolecular Hbond substituents is 1. The van der Waals surface area contributed by atoms with Crippen LogP contribution in [-0.4, -0.2) is 26.3 Å². The van der Waals surface area contributed by atoms with Crippen LogP contribution in [0.1, 0.15) is 5.56 Å². The highest BCUT2D eigenvalue weighted by atomic mass is 16.3. The molecule has 0 fully saturated rings. The van der Waals surface area contributed by atoms with Crippen molar-refractivity contribution in [1.82, 2.24) is 15.0 Å². The highest BCUT2D eigenvalue weighted by Crippen LogP contribution is 2.30. The van der Waals surface area contributed by atoms with Gasteiger partial charge in [0.25, 0.3) is 0 Å². The first-order valence-corrected chi connectivity index (χ1v) is 8.71. The zero-order valence-corrected chi connectivity index (χ0v) is 14.9. The number of para-hydroxylation sites is 1. The molecule has 0 bridgehead atoms. The van der Waals surface area contributed by atoms with Gasteiger partial charge in [0.2, 0.25) is 5.95 Å². The second kappa shape index (κ2) is 8.09. The highest BCUT2D eigenvalue weighted by Gasteiger charge is 2.11. The molecule has 136 valence electrons. The van der Waals surface area contributed by atoms with Gasteiger partial charge in [0.05, 0.1) is 17.6 Å². The van der Waals surface area contributed by atoms with E-state index < -0.39 is 0 Å². The molecular formula is C22H17N5O. The molecule has 0 saturated carbocycles. The third-order valence-electron chi connectivity index (χ3n) is 4.04. The van der Waals surface area contributed by atoms with Crippen LogP contribution in [0, 0.1) is 0 Å². The molecule has 4 rings (SSSR count). The molecule has 0 atom stereocenters. The Bertz CT molecular complexity index is 1100. The summed E-state index contributed by atoms with van der Waals surface area (Å²) in [7, 11) is 0. The number of pyridine rings is 1.